The highest BCUT2D eigenvalue weighted by Crippen LogP contribution is 2.23. The summed E-state index contributed by atoms with van der Waals surface area (Å²) >= 11 is 5.96. The molecule has 1 amide bonds. The van der Waals surface area contributed by atoms with E-state index in [-0.39, 0.29) is 12.3 Å². The van der Waals surface area contributed by atoms with Crippen molar-refractivity contribution in [3.8, 4) is 5.75 Å². The third kappa shape index (κ3) is 4.10. The zero-order valence-corrected chi connectivity index (χ0v) is 12.6. The number of hydrogen-bond acceptors (Lipinski definition) is 4. The molecule has 0 aromatic heterocycles. The second kappa shape index (κ2) is 6.92. The van der Waals surface area contributed by atoms with Crippen molar-refractivity contribution in [1.82, 2.24) is 15.3 Å². The minimum absolute atomic E-state index is 0.0462. The number of hydrogen-bond donors (Lipinski definition) is 1. The van der Waals surface area contributed by atoms with Crippen molar-refractivity contribution in [2.75, 3.05) is 40.3 Å². The maximum Gasteiger partial charge on any atom is 0.238 e. The molecule has 0 unspecified atom stereocenters. The molecule has 5 nitrogen and oxygen atoms in total. The van der Waals surface area contributed by atoms with E-state index < -0.39 is 0 Å². The van der Waals surface area contributed by atoms with Gasteiger partial charge in [0.1, 0.15) is 5.75 Å². The molecule has 6 heteroatoms. The van der Waals surface area contributed by atoms with Crippen LogP contribution >= 0.6 is 11.6 Å². The number of hydrazine groups is 1. The average Bonchev–Trinajstić information content (AvgIpc) is 2.41. The normalized spacial score (nSPS) is 16.9. The van der Waals surface area contributed by atoms with Crippen LogP contribution < -0.4 is 10.2 Å². The molecule has 1 N–H and O–H groups in total. The van der Waals surface area contributed by atoms with Crippen molar-refractivity contribution < 1.29 is 9.53 Å². The van der Waals surface area contributed by atoms with E-state index in [0.717, 1.165) is 31.7 Å². The molecule has 1 fully saturated rings. The van der Waals surface area contributed by atoms with Crippen LogP contribution in [0.15, 0.2) is 18.2 Å². The van der Waals surface area contributed by atoms with E-state index in [0.29, 0.717) is 10.8 Å². The number of halogens is 1. The van der Waals surface area contributed by atoms with Crippen molar-refractivity contribution in [1.29, 1.82) is 0 Å². The fraction of sp³-hybridized carbons (Fsp3) is 0.500. The Morgan fingerprint density at radius 3 is 2.70 bits per heavy atom. The van der Waals surface area contributed by atoms with Crippen molar-refractivity contribution in [2.24, 2.45) is 0 Å². The highest BCUT2D eigenvalue weighted by molar-refractivity contribution is 6.30. The molecular formula is C14H20ClN3O2. The predicted octanol–water partition coefficient (Wildman–Crippen LogP) is 1.17. The zero-order valence-electron chi connectivity index (χ0n) is 11.9. The number of carbonyl (C=O) groups excluding carboxylic acids is 1. The number of ether oxygens (including phenoxy) is 1. The molecule has 1 aliphatic rings. The van der Waals surface area contributed by atoms with Crippen molar-refractivity contribution in [3.63, 3.8) is 0 Å². The van der Waals surface area contributed by atoms with Gasteiger partial charge in [-0.05, 0) is 25.2 Å². The zero-order chi connectivity index (χ0) is 14.5. The number of rotatable bonds is 4. The van der Waals surface area contributed by atoms with Crippen LogP contribution in [-0.4, -0.2) is 56.2 Å². The molecule has 0 atom stereocenters. The van der Waals surface area contributed by atoms with Crippen LogP contribution in [-0.2, 0) is 11.2 Å². The molecule has 2 rings (SSSR count). The van der Waals surface area contributed by atoms with E-state index in [1.165, 1.54) is 0 Å². The highest BCUT2D eigenvalue weighted by atomic mass is 35.5. The van der Waals surface area contributed by atoms with E-state index in [1.807, 2.05) is 5.01 Å². The van der Waals surface area contributed by atoms with Gasteiger partial charge in [-0.15, -0.1) is 0 Å². The van der Waals surface area contributed by atoms with Gasteiger partial charge in [-0.1, -0.05) is 11.6 Å². The molecule has 0 aliphatic carbocycles. The Kier molecular flexibility index (Phi) is 5.23. The lowest BCUT2D eigenvalue weighted by atomic mass is 10.1. The molecule has 0 spiro atoms. The number of carbonyl (C=O) groups is 1. The summed E-state index contributed by atoms with van der Waals surface area (Å²) in [6.07, 6.45) is 0.260. The Morgan fingerprint density at radius 2 is 2.05 bits per heavy atom. The Balaban J connectivity index is 1.92. The first-order chi connectivity index (χ1) is 9.58. The fourth-order valence-corrected chi connectivity index (χ4v) is 2.39. The monoisotopic (exact) mass is 297 g/mol. The van der Waals surface area contributed by atoms with E-state index >= 15 is 0 Å². The van der Waals surface area contributed by atoms with Gasteiger partial charge < -0.3 is 9.64 Å². The lowest BCUT2D eigenvalue weighted by Gasteiger charge is -2.32. The van der Waals surface area contributed by atoms with Crippen LogP contribution in [0.4, 0.5) is 0 Å². The summed E-state index contributed by atoms with van der Waals surface area (Å²) < 4.78 is 5.25. The van der Waals surface area contributed by atoms with E-state index in [1.54, 1.807) is 25.3 Å². The van der Waals surface area contributed by atoms with E-state index in [4.69, 9.17) is 16.3 Å². The van der Waals surface area contributed by atoms with Crippen molar-refractivity contribution >= 4 is 17.5 Å². The summed E-state index contributed by atoms with van der Waals surface area (Å²) in [6.45, 7) is 3.60. The van der Waals surface area contributed by atoms with Gasteiger partial charge in [-0.25, -0.2) is 5.01 Å². The minimum Gasteiger partial charge on any atom is -0.496 e. The second-order valence-electron chi connectivity index (χ2n) is 4.96. The minimum atomic E-state index is -0.0462. The number of benzene rings is 1. The van der Waals surface area contributed by atoms with Crippen LogP contribution in [0.3, 0.4) is 0 Å². The lowest BCUT2D eigenvalue weighted by molar-refractivity contribution is -0.126. The number of methoxy groups -OCH3 is 1. The van der Waals surface area contributed by atoms with Gasteiger partial charge in [0.15, 0.2) is 0 Å². The first-order valence-electron chi connectivity index (χ1n) is 6.64. The van der Waals surface area contributed by atoms with Crippen molar-refractivity contribution in [2.45, 2.75) is 6.42 Å². The Hall–Kier alpha value is -1.30. The van der Waals surface area contributed by atoms with Gasteiger partial charge in [-0.2, -0.15) is 0 Å². The summed E-state index contributed by atoms with van der Waals surface area (Å²) in [5.74, 6) is 0.637. The van der Waals surface area contributed by atoms with Crippen LogP contribution in [0, 0.1) is 0 Å². The average molecular weight is 298 g/mol. The summed E-state index contributed by atoms with van der Waals surface area (Å²) in [4.78, 5) is 14.3. The molecule has 1 aromatic carbocycles. The molecule has 1 aliphatic heterocycles. The maximum atomic E-state index is 12.1. The van der Waals surface area contributed by atoms with Gasteiger partial charge in [0.25, 0.3) is 0 Å². The summed E-state index contributed by atoms with van der Waals surface area (Å²) in [5, 5.41) is 2.56. The fourth-order valence-electron chi connectivity index (χ4n) is 2.19. The Labute approximate surface area is 124 Å². The van der Waals surface area contributed by atoms with Gasteiger partial charge in [0.2, 0.25) is 5.91 Å². The number of likely N-dealkylation sites (N-methyl/N-ethyl adjacent to an activating group) is 1. The largest absolute Gasteiger partial charge is 0.496 e. The SMILES string of the molecule is COc1ccc(Cl)cc1CC(=O)NN1CCN(C)CC1. The van der Waals surface area contributed by atoms with Gasteiger partial charge in [0, 0.05) is 36.8 Å². The number of piperazine rings is 1. The van der Waals surface area contributed by atoms with Gasteiger partial charge in [0.05, 0.1) is 13.5 Å². The molecule has 0 radical (unpaired) electrons. The number of nitrogens with one attached hydrogen (secondary N) is 1. The highest BCUT2D eigenvalue weighted by Gasteiger charge is 2.16. The summed E-state index contributed by atoms with van der Waals surface area (Å²) in [7, 11) is 3.67. The predicted molar refractivity (Wildman–Crippen MR) is 78.9 cm³/mol. The number of amides is 1. The summed E-state index contributed by atoms with van der Waals surface area (Å²) in [5.41, 5.74) is 3.73. The Morgan fingerprint density at radius 1 is 1.35 bits per heavy atom. The molecule has 0 saturated carbocycles. The number of nitrogens with zero attached hydrogens (tertiary/aromatic N) is 2. The van der Waals surface area contributed by atoms with Crippen molar-refractivity contribution in [3.05, 3.63) is 28.8 Å². The van der Waals surface area contributed by atoms with E-state index in [2.05, 4.69) is 17.4 Å². The molecule has 0 bridgehead atoms. The topological polar surface area (TPSA) is 44.8 Å². The second-order valence-corrected chi connectivity index (χ2v) is 5.39. The Bertz CT molecular complexity index is 473. The lowest BCUT2D eigenvalue weighted by Crippen LogP contribution is -2.52. The van der Waals surface area contributed by atoms with Gasteiger partial charge in [-0.3, -0.25) is 10.2 Å². The molecular weight excluding hydrogens is 278 g/mol. The summed E-state index contributed by atoms with van der Waals surface area (Å²) in [6, 6.07) is 5.30. The van der Waals surface area contributed by atoms with Crippen LogP contribution in [0.2, 0.25) is 5.02 Å². The smallest absolute Gasteiger partial charge is 0.238 e. The van der Waals surface area contributed by atoms with Crippen LogP contribution in [0.1, 0.15) is 5.56 Å². The standard InChI is InChI=1S/C14H20ClN3O2/c1-17-5-7-18(8-6-17)16-14(19)10-11-9-12(15)3-4-13(11)20-2/h3-4,9H,5-8,10H2,1-2H3,(H,16,19). The van der Waals surface area contributed by atoms with Crippen LogP contribution in [0.5, 0.6) is 5.75 Å². The molecule has 20 heavy (non-hydrogen) atoms. The molecule has 1 aromatic rings. The molecule has 1 saturated heterocycles. The quantitative estimate of drug-likeness (QED) is 0.906. The third-order valence-corrected chi connectivity index (χ3v) is 3.61. The third-order valence-electron chi connectivity index (χ3n) is 3.38. The van der Waals surface area contributed by atoms with E-state index in [9.17, 15) is 4.79 Å². The van der Waals surface area contributed by atoms with Gasteiger partial charge >= 0.3 is 0 Å². The van der Waals surface area contributed by atoms with Crippen LogP contribution in [0.25, 0.3) is 0 Å². The molecule has 110 valence electrons. The maximum absolute atomic E-state index is 12.1. The first-order valence-corrected chi connectivity index (χ1v) is 7.01. The first kappa shape index (κ1) is 15.1. The molecule has 1 heterocycles.